The highest BCUT2D eigenvalue weighted by Crippen LogP contribution is 2.27. The molecule has 4 nitrogen and oxygen atoms in total. The lowest BCUT2D eigenvalue weighted by atomic mass is 10.00. The van der Waals surface area contributed by atoms with Gasteiger partial charge in [-0.15, -0.1) is 0 Å². The van der Waals surface area contributed by atoms with Crippen LogP contribution in [0.15, 0.2) is 53.6 Å². The van der Waals surface area contributed by atoms with Crippen LogP contribution < -0.4 is 5.32 Å². The van der Waals surface area contributed by atoms with Crippen molar-refractivity contribution >= 4 is 32.6 Å². The number of nitrogens with one attached hydrogen (secondary N) is 1. The van der Waals surface area contributed by atoms with E-state index in [0.29, 0.717) is 6.04 Å². The van der Waals surface area contributed by atoms with Gasteiger partial charge in [0, 0.05) is 6.54 Å². The third kappa shape index (κ3) is 2.88. The standard InChI is InChI=1S/C18H20N4S/c1-2-22-14-9-5-3-4-8-13(12-14)19-17(22)21-18-20-15-10-6-7-11-16(15)23-18/h4-11,13-14H,2-3,12H2,1H3,(H,19,20,21)/b8-4-,9-5-. The Morgan fingerprint density at radius 1 is 1.26 bits per heavy atom. The molecule has 1 aliphatic heterocycles. The van der Waals surface area contributed by atoms with Crippen LogP contribution in [-0.4, -0.2) is 34.5 Å². The topological polar surface area (TPSA) is 40.5 Å². The third-order valence-electron chi connectivity index (χ3n) is 4.29. The fourth-order valence-electron chi connectivity index (χ4n) is 3.18. The number of hydrogen-bond donors (Lipinski definition) is 1. The summed E-state index contributed by atoms with van der Waals surface area (Å²) in [6, 6.07) is 8.89. The smallest absolute Gasteiger partial charge is 0.201 e. The predicted molar refractivity (Wildman–Crippen MR) is 98.1 cm³/mol. The zero-order chi connectivity index (χ0) is 15.6. The molecule has 0 saturated carbocycles. The van der Waals surface area contributed by atoms with Crippen LogP contribution in [0.1, 0.15) is 19.8 Å². The van der Waals surface area contributed by atoms with Gasteiger partial charge in [0.05, 0.1) is 22.3 Å². The van der Waals surface area contributed by atoms with Crippen molar-refractivity contribution < 1.29 is 0 Å². The van der Waals surface area contributed by atoms with Gasteiger partial charge in [-0.25, -0.2) is 9.98 Å². The molecule has 0 spiro atoms. The van der Waals surface area contributed by atoms with E-state index in [1.165, 1.54) is 4.70 Å². The van der Waals surface area contributed by atoms with E-state index >= 15 is 0 Å². The summed E-state index contributed by atoms with van der Waals surface area (Å²) in [7, 11) is 0. The predicted octanol–water partition coefficient (Wildman–Crippen LogP) is 4.04. The summed E-state index contributed by atoms with van der Waals surface area (Å²) in [6.07, 6.45) is 11.0. The zero-order valence-corrected chi connectivity index (χ0v) is 14.0. The highest BCUT2D eigenvalue weighted by atomic mass is 32.1. The fourth-order valence-corrected chi connectivity index (χ4v) is 4.04. The number of nitrogens with zero attached hydrogens (tertiary/aromatic N) is 3. The first-order valence-electron chi connectivity index (χ1n) is 8.14. The van der Waals surface area contributed by atoms with E-state index in [4.69, 9.17) is 4.99 Å². The quantitative estimate of drug-likeness (QED) is 0.848. The summed E-state index contributed by atoms with van der Waals surface area (Å²) in [5.74, 6) is 0.934. The second kappa shape index (κ2) is 6.16. The molecule has 2 heterocycles. The summed E-state index contributed by atoms with van der Waals surface area (Å²) in [4.78, 5) is 11.9. The molecule has 118 valence electrons. The Hall–Kier alpha value is -2.14. The minimum absolute atomic E-state index is 0.254. The molecule has 23 heavy (non-hydrogen) atoms. The number of hydrogen-bond acceptors (Lipinski definition) is 5. The van der Waals surface area contributed by atoms with Crippen LogP contribution in [0.2, 0.25) is 0 Å². The average Bonchev–Trinajstić information content (AvgIpc) is 2.94. The fraction of sp³-hybridized carbons (Fsp3) is 0.333. The van der Waals surface area contributed by atoms with Gasteiger partial charge in [-0.3, -0.25) is 0 Å². The number of anilines is 1. The molecule has 0 radical (unpaired) electrons. The summed E-state index contributed by atoms with van der Waals surface area (Å²) in [5.41, 5.74) is 1.04. The Morgan fingerprint density at radius 3 is 3.00 bits per heavy atom. The van der Waals surface area contributed by atoms with E-state index in [-0.39, 0.29) is 6.04 Å². The number of thiazole rings is 1. The van der Waals surface area contributed by atoms with Crippen LogP contribution in [0.4, 0.5) is 5.13 Å². The van der Waals surface area contributed by atoms with Crippen LogP contribution in [-0.2, 0) is 0 Å². The summed E-state index contributed by atoms with van der Waals surface area (Å²) < 4.78 is 1.20. The summed E-state index contributed by atoms with van der Waals surface area (Å²) >= 11 is 1.68. The highest BCUT2D eigenvalue weighted by Gasteiger charge is 2.28. The lowest BCUT2D eigenvalue weighted by molar-refractivity contribution is 0.325. The first-order valence-corrected chi connectivity index (χ1v) is 8.95. The van der Waals surface area contributed by atoms with Crippen molar-refractivity contribution in [3.8, 4) is 0 Å². The van der Waals surface area contributed by atoms with Crippen molar-refractivity contribution in [3.63, 3.8) is 0 Å². The molecule has 0 saturated heterocycles. The number of aromatic nitrogens is 1. The van der Waals surface area contributed by atoms with Gasteiger partial charge in [0.2, 0.25) is 5.96 Å². The van der Waals surface area contributed by atoms with Crippen LogP contribution in [0.25, 0.3) is 10.2 Å². The monoisotopic (exact) mass is 324 g/mol. The van der Waals surface area contributed by atoms with Crippen molar-refractivity contribution in [2.24, 2.45) is 4.99 Å². The SMILES string of the molecule is CCN1C(Nc2nc3ccccc3s2)=NC2/C=C\C/C=C\C1C2. The molecule has 2 bridgehead atoms. The maximum Gasteiger partial charge on any atom is 0.201 e. The lowest BCUT2D eigenvalue weighted by Gasteiger charge is -2.37. The number of allylic oxidation sites excluding steroid dienone is 2. The van der Waals surface area contributed by atoms with Gasteiger partial charge < -0.3 is 10.2 Å². The van der Waals surface area contributed by atoms with Crippen LogP contribution in [0.5, 0.6) is 0 Å². The van der Waals surface area contributed by atoms with Gasteiger partial charge in [0.25, 0.3) is 0 Å². The Balaban J connectivity index is 1.66. The molecular weight excluding hydrogens is 304 g/mol. The molecule has 1 aromatic carbocycles. The molecule has 1 aromatic heterocycles. The zero-order valence-electron chi connectivity index (χ0n) is 13.1. The van der Waals surface area contributed by atoms with E-state index < -0.39 is 0 Å². The Labute approximate surface area is 140 Å². The molecule has 0 fully saturated rings. The highest BCUT2D eigenvalue weighted by molar-refractivity contribution is 7.22. The van der Waals surface area contributed by atoms with Crippen molar-refractivity contribution in [1.82, 2.24) is 9.88 Å². The van der Waals surface area contributed by atoms with Gasteiger partial charge in [0.15, 0.2) is 5.13 Å². The number of benzene rings is 1. The number of guanidine groups is 1. The lowest BCUT2D eigenvalue weighted by Crippen LogP contribution is -2.48. The molecular formula is C18H20N4S. The summed E-state index contributed by atoms with van der Waals surface area (Å²) in [5, 5.41) is 4.37. The molecule has 1 aliphatic carbocycles. The molecule has 2 aromatic rings. The van der Waals surface area contributed by atoms with Crippen LogP contribution in [0.3, 0.4) is 0 Å². The van der Waals surface area contributed by atoms with E-state index in [1.807, 2.05) is 12.1 Å². The number of fused-ring (bicyclic) bond motifs is 3. The van der Waals surface area contributed by atoms with Gasteiger partial charge >= 0.3 is 0 Å². The first-order chi connectivity index (χ1) is 11.3. The van der Waals surface area contributed by atoms with Crippen molar-refractivity contribution in [2.45, 2.75) is 31.8 Å². The van der Waals surface area contributed by atoms with E-state index in [1.54, 1.807) is 11.3 Å². The van der Waals surface area contributed by atoms with Gasteiger partial charge in [-0.1, -0.05) is 47.8 Å². The van der Waals surface area contributed by atoms with Gasteiger partial charge in [0.1, 0.15) is 0 Å². The maximum atomic E-state index is 4.90. The summed E-state index contributed by atoms with van der Waals surface area (Å²) in [6.45, 7) is 3.11. The number of para-hydroxylation sites is 1. The molecule has 5 heteroatoms. The Bertz CT molecular complexity index is 756. The number of aliphatic imine (C=N–C) groups is 1. The number of rotatable bonds is 2. The molecule has 4 rings (SSSR count). The van der Waals surface area contributed by atoms with Crippen LogP contribution >= 0.6 is 11.3 Å². The van der Waals surface area contributed by atoms with Gasteiger partial charge in [-0.2, -0.15) is 0 Å². The largest absolute Gasteiger partial charge is 0.336 e. The second-order valence-corrected chi connectivity index (χ2v) is 6.84. The van der Waals surface area contributed by atoms with Crippen molar-refractivity contribution in [2.75, 3.05) is 11.9 Å². The van der Waals surface area contributed by atoms with Crippen molar-refractivity contribution in [3.05, 3.63) is 48.6 Å². The van der Waals surface area contributed by atoms with E-state index in [9.17, 15) is 0 Å². The van der Waals surface area contributed by atoms with Crippen molar-refractivity contribution in [1.29, 1.82) is 0 Å². The Kier molecular flexibility index (Phi) is 3.87. The molecule has 0 amide bonds. The first kappa shape index (κ1) is 14.5. The van der Waals surface area contributed by atoms with Gasteiger partial charge in [-0.05, 0) is 31.9 Å². The molecule has 2 unspecified atom stereocenters. The van der Waals surface area contributed by atoms with Crippen LogP contribution in [0, 0.1) is 0 Å². The molecule has 1 N–H and O–H groups in total. The average molecular weight is 324 g/mol. The number of likely N-dealkylation sites (N-methyl/N-ethyl adjacent to an activating group) is 1. The maximum absolute atomic E-state index is 4.90. The Morgan fingerprint density at radius 2 is 2.13 bits per heavy atom. The van der Waals surface area contributed by atoms with E-state index in [2.05, 4.69) is 58.6 Å². The third-order valence-corrected chi connectivity index (χ3v) is 5.24. The van der Waals surface area contributed by atoms with E-state index in [0.717, 1.165) is 36.0 Å². The molecule has 2 atom stereocenters. The normalized spacial score (nSPS) is 26.3. The minimum Gasteiger partial charge on any atom is -0.336 e. The molecule has 2 aliphatic rings. The minimum atomic E-state index is 0.254. The second-order valence-electron chi connectivity index (χ2n) is 5.81.